The standard InChI is InChI=1S/C12H16N4O3S/c1-7-5-10(18)13-3-4-16(7)11(19)9-6-20-12(15-9)14-8(2)17/h6-7H,3-5H2,1-2H3,(H,13,18)(H,14,15,17). The van der Waals surface area contributed by atoms with E-state index in [1.807, 2.05) is 6.92 Å². The molecular weight excluding hydrogens is 280 g/mol. The maximum atomic E-state index is 12.4. The van der Waals surface area contributed by atoms with Crippen molar-refractivity contribution >= 4 is 34.2 Å². The topological polar surface area (TPSA) is 91.4 Å². The summed E-state index contributed by atoms with van der Waals surface area (Å²) >= 11 is 1.20. The number of hydrogen-bond acceptors (Lipinski definition) is 5. The van der Waals surface area contributed by atoms with Gasteiger partial charge in [-0.15, -0.1) is 11.3 Å². The summed E-state index contributed by atoms with van der Waals surface area (Å²) in [6.45, 7) is 4.12. The molecule has 1 atom stereocenters. The summed E-state index contributed by atoms with van der Waals surface area (Å²) in [6, 6.07) is -0.170. The van der Waals surface area contributed by atoms with Gasteiger partial charge < -0.3 is 15.5 Å². The number of aromatic nitrogens is 1. The van der Waals surface area contributed by atoms with E-state index in [0.29, 0.717) is 23.9 Å². The maximum Gasteiger partial charge on any atom is 0.273 e. The molecule has 0 saturated carbocycles. The molecule has 2 heterocycles. The van der Waals surface area contributed by atoms with Crippen molar-refractivity contribution in [1.82, 2.24) is 15.2 Å². The molecule has 3 amide bonds. The summed E-state index contributed by atoms with van der Waals surface area (Å²) in [5.74, 6) is -0.497. The summed E-state index contributed by atoms with van der Waals surface area (Å²) in [5.41, 5.74) is 0.292. The summed E-state index contributed by atoms with van der Waals surface area (Å²) in [6.07, 6.45) is 0.286. The molecule has 8 heteroatoms. The largest absolute Gasteiger partial charge is 0.354 e. The van der Waals surface area contributed by atoms with Crippen LogP contribution >= 0.6 is 11.3 Å². The van der Waals surface area contributed by atoms with Crippen LogP contribution in [0.25, 0.3) is 0 Å². The number of carbonyl (C=O) groups excluding carboxylic acids is 3. The van der Waals surface area contributed by atoms with Crippen LogP contribution in [0.15, 0.2) is 5.38 Å². The minimum atomic E-state index is -0.226. The Hall–Kier alpha value is -1.96. The van der Waals surface area contributed by atoms with Crippen molar-refractivity contribution in [3.63, 3.8) is 0 Å². The van der Waals surface area contributed by atoms with Gasteiger partial charge >= 0.3 is 0 Å². The summed E-state index contributed by atoms with van der Waals surface area (Å²) in [4.78, 5) is 40.5. The highest BCUT2D eigenvalue weighted by Gasteiger charge is 2.27. The molecule has 0 radical (unpaired) electrons. The first-order chi connectivity index (χ1) is 9.47. The molecule has 0 aromatic carbocycles. The first-order valence-electron chi connectivity index (χ1n) is 6.28. The third-order valence-corrected chi connectivity index (χ3v) is 3.71. The highest BCUT2D eigenvalue weighted by Crippen LogP contribution is 2.18. The fraction of sp³-hybridized carbons (Fsp3) is 0.500. The van der Waals surface area contributed by atoms with Crippen molar-refractivity contribution in [3.8, 4) is 0 Å². The van der Waals surface area contributed by atoms with Crippen LogP contribution in [0.5, 0.6) is 0 Å². The number of amides is 3. The van der Waals surface area contributed by atoms with Gasteiger partial charge in [0.1, 0.15) is 5.69 Å². The van der Waals surface area contributed by atoms with Crippen LogP contribution in [0.3, 0.4) is 0 Å². The SMILES string of the molecule is CC(=O)Nc1nc(C(=O)N2CCNC(=O)CC2C)cs1. The molecule has 1 saturated heterocycles. The molecule has 1 fully saturated rings. The monoisotopic (exact) mass is 296 g/mol. The van der Waals surface area contributed by atoms with Crippen molar-refractivity contribution in [1.29, 1.82) is 0 Å². The minimum Gasteiger partial charge on any atom is -0.354 e. The van der Waals surface area contributed by atoms with Crippen molar-refractivity contribution in [3.05, 3.63) is 11.1 Å². The smallest absolute Gasteiger partial charge is 0.273 e. The second-order valence-electron chi connectivity index (χ2n) is 4.62. The summed E-state index contributed by atoms with van der Waals surface area (Å²) < 4.78 is 0. The summed E-state index contributed by atoms with van der Waals surface area (Å²) in [7, 11) is 0. The quantitative estimate of drug-likeness (QED) is 0.829. The van der Waals surface area contributed by atoms with E-state index in [-0.39, 0.29) is 30.2 Å². The van der Waals surface area contributed by atoms with E-state index in [1.54, 1.807) is 10.3 Å². The number of carbonyl (C=O) groups is 3. The average molecular weight is 296 g/mol. The Morgan fingerprint density at radius 3 is 3.00 bits per heavy atom. The van der Waals surface area contributed by atoms with Gasteiger partial charge in [-0.25, -0.2) is 4.98 Å². The van der Waals surface area contributed by atoms with Crippen molar-refractivity contribution in [2.75, 3.05) is 18.4 Å². The van der Waals surface area contributed by atoms with Crippen LogP contribution in [0.4, 0.5) is 5.13 Å². The predicted octanol–water partition coefficient (Wildman–Crippen LogP) is 0.452. The Kier molecular flexibility index (Phi) is 4.33. The lowest BCUT2D eigenvalue weighted by molar-refractivity contribution is -0.121. The molecule has 2 rings (SSSR count). The molecular formula is C12H16N4O3S. The minimum absolute atomic E-state index is 0.0509. The molecule has 7 nitrogen and oxygen atoms in total. The normalized spacial score (nSPS) is 19.2. The molecule has 1 aliphatic heterocycles. The van der Waals surface area contributed by atoms with Crippen LogP contribution in [0.1, 0.15) is 30.8 Å². The van der Waals surface area contributed by atoms with Gasteiger partial charge in [-0.1, -0.05) is 0 Å². The second-order valence-corrected chi connectivity index (χ2v) is 5.48. The second kappa shape index (κ2) is 6.00. The highest BCUT2D eigenvalue weighted by molar-refractivity contribution is 7.14. The van der Waals surface area contributed by atoms with Gasteiger partial charge in [0.25, 0.3) is 5.91 Å². The van der Waals surface area contributed by atoms with Gasteiger partial charge in [0.15, 0.2) is 5.13 Å². The van der Waals surface area contributed by atoms with E-state index >= 15 is 0 Å². The van der Waals surface area contributed by atoms with Crippen LogP contribution in [-0.2, 0) is 9.59 Å². The number of nitrogens with zero attached hydrogens (tertiary/aromatic N) is 2. The zero-order valence-corrected chi connectivity index (χ0v) is 12.1. The van der Waals surface area contributed by atoms with Crippen molar-refractivity contribution in [2.45, 2.75) is 26.3 Å². The molecule has 108 valence electrons. The van der Waals surface area contributed by atoms with Crippen molar-refractivity contribution < 1.29 is 14.4 Å². The Balaban J connectivity index is 2.11. The van der Waals surface area contributed by atoms with E-state index in [9.17, 15) is 14.4 Å². The van der Waals surface area contributed by atoms with E-state index in [4.69, 9.17) is 0 Å². The Labute approximate surface area is 120 Å². The third kappa shape index (κ3) is 3.32. The lowest BCUT2D eigenvalue weighted by Crippen LogP contribution is -2.39. The number of thiazole rings is 1. The fourth-order valence-electron chi connectivity index (χ4n) is 2.02. The van der Waals surface area contributed by atoms with Gasteiger partial charge in [0.05, 0.1) is 0 Å². The van der Waals surface area contributed by atoms with Crippen LogP contribution < -0.4 is 10.6 Å². The van der Waals surface area contributed by atoms with Crippen LogP contribution in [-0.4, -0.2) is 46.7 Å². The zero-order valence-electron chi connectivity index (χ0n) is 11.3. The van der Waals surface area contributed by atoms with E-state index in [2.05, 4.69) is 15.6 Å². The number of rotatable bonds is 2. The Morgan fingerprint density at radius 2 is 2.30 bits per heavy atom. The molecule has 1 aromatic heterocycles. The molecule has 20 heavy (non-hydrogen) atoms. The molecule has 1 aliphatic rings. The number of hydrogen-bond donors (Lipinski definition) is 2. The Morgan fingerprint density at radius 1 is 1.55 bits per heavy atom. The lowest BCUT2D eigenvalue weighted by atomic mass is 10.2. The van der Waals surface area contributed by atoms with Gasteiger partial charge in [0.2, 0.25) is 11.8 Å². The molecule has 2 N–H and O–H groups in total. The zero-order chi connectivity index (χ0) is 14.7. The maximum absolute atomic E-state index is 12.4. The van der Waals surface area contributed by atoms with Gasteiger partial charge in [0, 0.05) is 37.9 Å². The predicted molar refractivity (Wildman–Crippen MR) is 74.5 cm³/mol. The highest BCUT2D eigenvalue weighted by atomic mass is 32.1. The molecule has 1 unspecified atom stereocenters. The number of nitrogens with one attached hydrogen (secondary N) is 2. The van der Waals surface area contributed by atoms with E-state index in [0.717, 1.165) is 0 Å². The van der Waals surface area contributed by atoms with Gasteiger partial charge in [-0.3, -0.25) is 14.4 Å². The molecule has 0 bridgehead atoms. The van der Waals surface area contributed by atoms with E-state index < -0.39 is 0 Å². The third-order valence-electron chi connectivity index (χ3n) is 2.95. The van der Waals surface area contributed by atoms with Gasteiger partial charge in [-0.05, 0) is 6.92 Å². The van der Waals surface area contributed by atoms with Crippen LogP contribution in [0, 0.1) is 0 Å². The first-order valence-corrected chi connectivity index (χ1v) is 7.16. The first kappa shape index (κ1) is 14.4. The average Bonchev–Trinajstić information content (AvgIpc) is 2.74. The van der Waals surface area contributed by atoms with E-state index in [1.165, 1.54) is 18.3 Å². The number of anilines is 1. The summed E-state index contributed by atoms with van der Waals surface area (Å²) in [5, 5.41) is 7.29. The van der Waals surface area contributed by atoms with Crippen LogP contribution in [0.2, 0.25) is 0 Å². The lowest BCUT2D eigenvalue weighted by Gasteiger charge is -2.25. The molecule has 0 spiro atoms. The Bertz CT molecular complexity index is 543. The van der Waals surface area contributed by atoms with Crippen molar-refractivity contribution in [2.24, 2.45) is 0 Å². The fourth-order valence-corrected chi connectivity index (χ4v) is 2.75. The molecule has 0 aliphatic carbocycles. The van der Waals surface area contributed by atoms with Gasteiger partial charge in [-0.2, -0.15) is 0 Å². The molecule has 1 aromatic rings.